The van der Waals surface area contributed by atoms with Gasteiger partial charge in [-0.05, 0) is 66.6 Å². The number of nitrogens with one attached hydrogen (secondary N) is 1. The van der Waals surface area contributed by atoms with Gasteiger partial charge in [0.1, 0.15) is 17.2 Å². The lowest BCUT2D eigenvalue weighted by Gasteiger charge is -2.39. The van der Waals surface area contributed by atoms with Crippen LogP contribution in [0.4, 0.5) is 11.4 Å². The number of nitrogens with zero attached hydrogens (tertiary/aromatic N) is 1. The van der Waals surface area contributed by atoms with Crippen LogP contribution in [-0.4, -0.2) is 36.7 Å². The number of rotatable bonds is 5. The standard InChI is InChI=1S/C35H27ClN2O4/c1-20-18-29-35(26-11-4-5-12-27(26)37-34(35)41)30(32(39)21-14-16-23(36)17-15-21)31(38(29)28-13-6-3-10-25(20)28)33(40)22-8-7-9-24(19-22)42-2/h3-19,29-31H,1-2H3,(H,37,41)/t29-,30-,31+,35+/m1/s1. The second-order valence-electron chi connectivity index (χ2n) is 11.0. The second kappa shape index (κ2) is 9.71. The van der Waals surface area contributed by atoms with E-state index in [-0.39, 0.29) is 17.5 Å². The molecule has 3 aliphatic rings. The highest BCUT2D eigenvalue weighted by Crippen LogP contribution is 2.58. The molecule has 42 heavy (non-hydrogen) atoms. The largest absolute Gasteiger partial charge is 0.497 e. The molecule has 3 aliphatic heterocycles. The molecule has 1 saturated heterocycles. The summed E-state index contributed by atoms with van der Waals surface area (Å²) in [6.45, 7) is 2.01. The van der Waals surface area contributed by atoms with E-state index in [9.17, 15) is 14.4 Å². The van der Waals surface area contributed by atoms with Gasteiger partial charge in [0, 0.05) is 33.1 Å². The van der Waals surface area contributed by atoms with Crippen LogP contribution in [0.2, 0.25) is 5.02 Å². The Bertz CT molecular complexity index is 1810. The number of Topliss-reactive ketones (excluding diaryl/α,β-unsaturated/α-hetero) is 2. The number of carbonyl (C=O) groups excluding carboxylic acids is 3. The molecule has 0 aromatic heterocycles. The van der Waals surface area contributed by atoms with Gasteiger partial charge in [0.2, 0.25) is 5.91 Å². The lowest BCUT2D eigenvalue weighted by Crippen LogP contribution is -2.51. The van der Waals surface area contributed by atoms with Crippen molar-refractivity contribution >= 4 is 46.0 Å². The molecule has 7 rings (SSSR count). The third kappa shape index (κ3) is 3.61. The Morgan fingerprint density at radius 3 is 2.40 bits per heavy atom. The Balaban J connectivity index is 1.55. The number of para-hydroxylation sites is 2. The van der Waals surface area contributed by atoms with E-state index in [1.165, 1.54) is 0 Å². The van der Waals surface area contributed by atoms with Crippen LogP contribution in [0.15, 0.2) is 103 Å². The lowest BCUT2D eigenvalue weighted by atomic mass is 9.64. The lowest BCUT2D eigenvalue weighted by molar-refractivity contribution is -0.121. The molecule has 0 radical (unpaired) electrons. The van der Waals surface area contributed by atoms with Crippen LogP contribution < -0.4 is 15.0 Å². The highest BCUT2D eigenvalue weighted by molar-refractivity contribution is 6.30. The van der Waals surface area contributed by atoms with Gasteiger partial charge in [-0.25, -0.2) is 0 Å². The molecule has 4 atom stereocenters. The zero-order chi connectivity index (χ0) is 29.2. The fourth-order valence-electron chi connectivity index (χ4n) is 7.13. The number of benzene rings is 4. The van der Waals surface area contributed by atoms with Gasteiger partial charge in [-0.3, -0.25) is 14.4 Å². The molecule has 7 heteroatoms. The number of methoxy groups -OCH3 is 1. The van der Waals surface area contributed by atoms with E-state index in [0.29, 0.717) is 33.1 Å². The first-order valence-electron chi connectivity index (χ1n) is 13.8. The highest BCUT2D eigenvalue weighted by Gasteiger charge is 2.70. The van der Waals surface area contributed by atoms with Crippen molar-refractivity contribution in [2.45, 2.75) is 24.4 Å². The van der Waals surface area contributed by atoms with Crippen LogP contribution in [0, 0.1) is 5.92 Å². The third-order valence-electron chi connectivity index (χ3n) is 8.92. The number of ether oxygens (including phenoxy) is 1. The molecule has 1 amide bonds. The molecule has 1 fully saturated rings. The first kappa shape index (κ1) is 26.2. The van der Waals surface area contributed by atoms with Crippen LogP contribution in [-0.2, 0) is 10.2 Å². The highest BCUT2D eigenvalue weighted by atomic mass is 35.5. The molecule has 0 aliphatic carbocycles. The first-order chi connectivity index (χ1) is 20.4. The maximum absolute atomic E-state index is 14.8. The van der Waals surface area contributed by atoms with E-state index in [2.05, 4.69) is 5.32 Å². The van der Waals surface area contributed by atoms with E-state index in [1.807, 2.05) is 66.4 Å². The summed E-state index contributed by atoms with van der Waals surface area (Å²) in [6.07, 6.45) is 2.05. The topological polar surface area (TPSA) is 75.7 Å². The Morgan fingerprint density at radius 1 is 0.881 bits per heavy atom. The van der Waals surface area contributed by atoms with Gasteiger partial charge in [0.25, 0.3) is 0 Å². The number of amides is 1. The Hall–Kier alpha value is -4.68. The van der Waals surface area contributed by atoms with Crippen molar-refractivity contribution in [3.63, 3.8) is 0 Å². The minimum Gasteiger partial charge on any atom is -0.497 e. The summed E-state index contributed by atoms with van der Waals surface area (Å²) in [5.41, 5.74) is 3.53. The molecule has 4 aromatic rings. The smallest absolute Gasteiger partial charge is 0.238 e. The Labute approximate surface area is 248 Å². The van der Waals surface area contributed by atoms with Crippen molar-refractivity contribution in [2.75, 3.05) is 17.3 Å². The van der Waals surface area contributed by atoms with E-state index < -0.39 is 23.4 Å². The minimum absolute atomic E-state index is 0.261. The SMILES string of the molecule is COc1cccc(C(=O)[C@@H]2[C@H](C(=O)c3ccc(Cl)cc3)[C@@]3(C(=O)Nc4ccccc43)[C@H]3C=C(C)c4ccccc4N23)c1. The Kier molecular flexibility index (Phi) is 6.06. The Morgan fingerprint density at radius 2 is 1.62 bits per heavy atom. The number of carbonyl (C=O) groups is 3. The number of hydrogen-bond acceptors (Lipinski definition) is 5. The van der Waals surface area contributed by atoms with Crippen molar-refractivity contribution in [3.05, 3.63) is 130 Å². The molecular weight excluding hydrogens is 548 g/mol. The van der Waals surface area contributed by atoms with Crippen LogP contribution in [0.5, 0.6) is 5.75 Å². The molecule has 4 aromatic carbocycles. The summed E-state index contributed by atoms with van der Waals surface area (Å²) in [6, 6.07) is 27.3. The predicted octanol–water partition coefficient (Wildman–Crippen LogP) is 6.59. The van der Waals surface area contributed by atoms with Crippen molar-refractivity contribution in [1.29, 1.82) is 0 Å². The monoisotopic (exact) mass is 574 g/mol. The number of allylic oxidation sites excluding steroid dienone is 1. The van der Waals surface area contributed by atoms with Crippen molar-refractivity contribution in [1.82, 2.24) is 0 Å². The van der Waals surface area contributed by atoms with Gasteiger partial charge in [0.15, 0.2) is 11.6 Å². The van der Waals surface area contributed by atoms with Gasteiger partial charge >= 0.3 is 0 Å². The van der Waals surface area contributed by atoms with E-state index in [0.717, 1.165) is 16.8 Å². The van der Waals surface area contributed by atoms with Crippen molar-refractivity contribution in [3.8, 4) is 5.75 Å². The molecule has 3 heterocycles. The van der Waals surface area contributed by atoms with Gasteiger partial charge in [-0.1, -0.05) is 66.2 Å². The fourth-order valence-corrected chi connectivity index (χ4v) is 7.25. The normalized spacial score (nSPS) is 23.5. The maximum atomic E-state index is 14.8. The average molecular weight is 575 g/mol. The third-order valence-corrected chi connectivity index (χ3v) is 9.17. The van der Waals surface area contributed by atoms with Gasteiger partial charge in [-0.15, -0.1) is 0 Å². The number of hydrogen-bond donors (Lipinski definition) is 1. The fraction of sp³-hybridized carbons (Fsp3) is 0.171. The number of fused-ring (bicyclic) bond motifs is 6. The van der Waals surface area contributed by atoms with E-state index in [4.69, 9.17) is 16.3 Å². The maximum Gasteiger partial charge on any atom is 0.238 e. The number of anilines is 2. The average Bonchev–Trinajstić information content (AvgIpc) is 3.49. The molecule has 1 N–H and O–H groups in total. The summed E-state index contributed by atoms with van der Waals surface area (Å²) >= 11 is 6.19. The summed E-state index contributed by atoms with van der Waals surface area (Å²) in [4.78, 5) is 46.1. The molecule has 0 bridgehead atoms. The molecule has 1 spiro atoms. The van der Waals surface area contributed by atoms with E-state index in [1.54, 1.807) is 55.6 Å². The summed E-state index contributed by atoms with van der Waals surface area (Å²) in [5, 5.41) is 3.56. The number of ketones is 2. The summed E-state index contributed by atoms with van der Waals surface area (Å²) in [5.74, 6) is -1.37. The van der Waals surface area contributed by atoms with Gasteiger partial charge in [0.05, 0.1) is 19.1 Å². The van der Waals surface area contributed by atoms with Crippen LogP contribution in [0.25, 0.3) is 5.57 Å². The van der Waals surface area contributed by atoms with Crippen LogP contribution >= 0.6 is 11.6 Å². The molecule has 6 nitrogen and oxygen atoms in total. The quantitative estimate of drug-likeness (QED) is 0.272. The van der Waals surface area contributed by atoms with Crippen molar-refractivity contribution in [2.24, 2.45) is 5.92 Å². The predicted molar refractivity (Wildman–Crippen MR) is 163 cm³/mol. The van der Waals surface area contributed by atoms with Gasteiger partial charge < -0.3 is 15.0 Å². The van der Waals surface area contributed by atoms with Crippen molar-refractivity contribution < 1.29 is 19.1 Å². The van der Waals surface area contributed by atoms with Crippen LogP contribution in [0.3, 0.4) is 0 Å². The van der Waals surface area contributed by atoms with Crippen LogP contribution in [0.1, 0.15) is 38.8 Å². The zero-order valence-corrected chi connectivity index (χ0v) is 23.8. The summed E-state index contributed by atoms with van der Waals surface area (Å²) in [7, 11) is 1.55. The molecular formula is C35H27ClN2O4. The number of halogens is 1. The summed E-state index contributed by atoms with van der Waals surface area (Å²) < 4.78 is 5.44. The van der Waals surface area contributed by atoms with Gasteiger partial charge in [-0.2, -0.15) is 0 Å². The van der Waals surface area contributed by atoms with E-state index >= 15 is 0 Å². The second-order valence-corrected chi connectivity index (χ2v) is 11.4. The first-order valence-corrected chi connectivity index (χ1v) is 14.2. The molecule has 0 unspecified atom stereocenters. The molecule has 208 valence electrons. The molecule has 0 saturated carbocycles. The zero-order valence-electron chi connectivity index (χ0n) is 23.0. The minimum atomic E-state index is -1.37.